The molecular formula is C9H20NO5P. The molecule has 6 nitrogen and oxygen atoms in total. The van der Waals surface area contributed by atoms with Crippen LogP contribution in [0.5, 0.6) is 0 Å². The van der Waals surface area contributed by atoms with E-state index in [1.807, 2.05) is 0 Å². The van der Waals surface area contributed by atoms with E-state index >= 15 is 0 Å². The quantitative estimate of drug-likeness (QED) is 0.505. The highest BCUT2D eigenvalue weighted by atomic mass is 31.2. The zero-order valence-corrected chi connectivity index (χ0v) is 10.8. The number of hydrogen-bond acceptors (Lipinski definition) is 4. The normalized spacial score (nSPS) is 14.8. The number of rotatable bonds is 8. The number of phosphoric acid groups is 1. The number of phosphoric ester groups is 1. The summed E-state index contributed by atoms with van der Waals surface area (Å²) in [6.07, 6.45) is 0.531. The molecule has 0 fully saturated rings. The molecule has 0 heterocycles. The average Bonchev–Trinajstić information content (AvgIpc) is 2.14. The van der Waals surface area contributed by atoms with E-state index in [1.54, 1.807) is 20.8 Å². The molecule has 1 amide bonds. The fourth-order valence-electron chi connectivity index (χ4n) is 0.902. The van der Waals surface area contributed by atoms with Gasteiger partial charge in [0.05, 0.1) is 12.7 Å². The lowest BCUT2D eigenvalue weighted by Gasteiger charge is -2.14. The van der Waals surface area contributed by atoms with Crippen molar-refractivity contribution in [3.05, 3.63) is 0 Å². The van der Waals surface area contributed by atoms with E-state index in [9.17, 15) is 9.36 Å². The van der Waals surface area contributed by atoms with Crippen LogP contribution < -0.4 is 5.32 Å². The first-order valence-corrected chi connectivity index (χ1v) is 6.79. The molecule has 0 rings (SSSR count). The summed E-state index contributed by atoms with van der Waals surface area (Å²) in [6, 6.07) is 0. The highest BCUT2D eigenvalue weighted by Gasteiger charge is 2.21. The summed E-state index contributed by atoms with van der Waals surface area (Å²) in [7, 11) is -3.93. The lowest BCUT2D eigenvalue weighted by molar-refractivity contribution is -0.120. The average molecular weight is 253 g/mol. The monoisotopic (exact) mass is 253 g/mol. The maximum Gasteiger partial charge on any atom is 0.472 e. The fraction of sp³-hybridized carbons (Fsp3) is 0.889. The van der Waals surface area contributed by atoms with Crippen molar-refractivity contribution >= 4 is 13.7 Å². The van der Waals surface area contributed by atoms with Crippen molar-refractivity contribution in [2.45, 2.75) is 39.7 Å². The first kappa shape index (κ1) is 15.6. The molecule has 0 bridgehead atoms. The van der Waals surface area contributed by atoms with Gasteiger partial charge in [-0.05, 0) is 20.3 Å². The third-order valence-electron chi connectivity index (χ3n) is 1.56. The van der Waals surface area contributed by atoms with Crippen LogP contribution in [0.4, 0.5) is 0 Å². The second-order valence-electron chi connectivity index (χ2n) is 3.51. The van der Waals surface area contributed by atoms with E-state index in [0.717, 1.165) is 0 Å². The Labute approximate surface area is 95.9 Å². The Bertz CT molecular complexity index is 256. The van der Waals surface area contributed by atoms with Gasteiger partial charge < -0.3 is 10.2 Å². The molecule has 0 spiro atoms. The smallest absolute Gasteiger partial charge is 0.356 e. The van der Waals surface area contributed by atoms with Crippen LogP contribution in [0.25, 0.3) is 0 Å². The van der Waals surface area contributed by atoms with E-state index in [0.29, 0.717) is 19.4 Å². The lowest BCUT2D eigenvalue weighted by Crippen LogP contribution is -2.24. The van der Waals surface area contributed by atoms with Crippen LogP contribution in [0.2, 0.25) is 0 Å². The third kappa shape index (κ3) is 8.85. The van der Waals surface area contributed by atoms with Gasteiger partial charge in [0.25, 0.3) is 0 Å². The molecule has 0 radical (unpaired) electrons. The van der Waals surface area contributed by atoms with E-state index in [-0.39, 0.29) is 18.6 Å². The van der Waals surface area contributed by atoms with Crippen molar-refractivity contribution in [1.29, 1.82) is 0 Å². The van der Waals surface area contributed by atoms with Crippen LogP contribution in [-0.2, 0) is 18.4 Å². The predicted molar refractivity (Wildman–Crippen MR) is 59.9 cm³/mol. The van der Waals surface area contributed by atoms with Crippen molar-refractivity contribution < 1.29 is 23.3 Å². The Morgan fingerprint density at radius 1 is 1.50 bits per heavy atom. The minimum Gasteiger partial charge on any atom is -0.356 e. The summed E-state index contributed by atoms with van der Waals surface area (Å²) in [5.74, 6) is -0.0504. The van der Waals surface area contributed by atoms with Crippen LogP contribution in [0.1, 0.15) is 33.6 Å². The van der Waals surface area contributed by atoms with Gasteiger partial charge in [-0.15, -0.1) is 0 Å². The molecule has 2 N–H and O–H groups in total. The summed E-state index contributed by atoms with van der Waals surface area (Å²) in [4.78, 5) is 20.0. The number of amides is 1. The van der Waals surface area contributed by atoms with Gasteiger partial charge in [0.15, 0.2) is 0 Å². The maximum absolute atomic E-state index is 11.2. The van der Waals surface area contributed by atoms with Crippen LogP contribution in [-0.4, -0.2) is 30.1 Å². The van der Waals surface area contributed by atoms with Gasteiger partial charge in [-0.25, -0.2) is 4.57 Å². The zero-order chi connectivity index (χ0) is 12.6. The Balaban J connectivity index is 3.58. The molecule has 7 heteroatoms. The number of nitrogens with one attached hydrogen (secondary N) is 1. The van der Waals surface area contributed by atoms with Gasteiger partial charge in [0.2, 0.25) is 5.91 Å². The summed E-state index contributed by atoms with van der Waals surface area (Å²) in [6.45, 7) is 5.55. The maximum atomic E-state index is 11.2. The van der Waals surface area contributed by atoms with Crippen molar-refractivity contribution in [1.82, 2.24) is 5.32 Å². The van der Waals surface area contributed by atoms with Gasteiger partial charge in [-0.3, -0.25) is 13.8 Å². The summed E-state index contributed by atoms with van der Waals surface area (Å²) in [5, 5.41) is 2.63. The molecule has 96 valence electrons. The van der Waals surface area contributed by atoms with Crippen molar-refractivity contribution in [2.75, 3.05) is 13.2 Å². The van der Waals surface area contributed by atoms with Crippen LogP contribution in [0, 0.1) is 0 Å². The van der Waals surface area contributed by atoms with Crippen molar-refractivity contribution in [2.24, 2.45) is 0 Å². The van der Waals surface area contributed by atoms with Gasteiger partial charge in [-0.2, -0.15) is 0 Å². The largest absolute Gasteiger partial charge is 0.472 e. The zero-order valence-electron chi connectivity index (χ0n) is 9.93. The Hall–Kier alpha value is -0.420. The van der Waals surface area contributed by atoms with Gasteiger partial charge in [0, 0.05) is 13.0 Å². The topological polar surface area (TPSA) is 84.9 Å². The molecule has 0 aromatic carbocycles. The second kappa shape index (κ2) is 7.79. The Morgan fingerprint density at radius 3 is 2.62 bits per heavy atom. The Kier molecular flexibility index (Phi) is 7.58. The highest BCUT2D eigenvalue weighted by molar-refractivity contribution is 7.47. The molecule has 0 saturated heterocycles. The first-order chi connectivity index (χ1) is 7.37. The number of hydrogen-bond donors (Lipinski definition) is 2. The number of carbonyl (C=O) groups is 1. The van der Waals surface area contributed by atoms with E-state index in [4.69, 9.17) is 9.42 Å². The highest BCUT2D eigenvalue weighted by Crippen LogP contribution is 2.44. The van der Waals surface area contributed by atoms with Crippen LogP contribution in [0.15, 0.2) is 0 Å². The fourth-order valence-corrected chi connectivity index (χ4v) is 1.86. The van der Waals surface area contributed by atoms with E-state index in [2.05, 4.69) is 9.84 Å². The molecule has 0 saturated carbocycles. The summed E-state index contributed by atoms with van der Waals surface area (Å²) in [5.41, 5.74) is 0. The standard InChI is InChI=1S/C9H20NO5P/c1-4-9(11)10-6-5-7-14-16(12,13)15-8(2)3/h8H,4-7H2,1-3H3,(H,10,11)(H,12,13). The van der Waals surface area contributed by atoms with Gasteiger partial charge >= 0.3 is 7.82 Å². The minimum atomic E-state index is -3.93. The molecule has 1 unspecified atom stereocenters. The third-order valence-corrected chi connectivity index (χ3v) is 2.76. The summed E-state index contributed by atoms with van der Waals surface area (Å²) < 4.78 is 20.6. The molecule has 0 aromatic rings. The molecular weight excluding hydrogens is 233 g/mol. The molecule has 0 aliphatic rings. The number of carbonyl (C=O) groups excluding carboxylic acids is 1. The van der Waals surface area contributed by atoms with E-state index in [1.165, 1.54) is 0 Å². The molecule has 0 aliphatic heterocycles. The SMILES string of the molecule is CCC(=O)NCCCOP(=O)(O)OC(C)C. The van der Waals surface area contributed by atoms with Crippen LogP contribution in [0.3, 0.4) is 0 Å². The molecule has 0 aliphatic carbocycles. The molecule has 16 heavy (non-hydrogen) atoms. The van der Waals surface area contributed by atoms with Gasteiger partial charge in [-0.1, -0.05) is 6.92 Å². The molecule has 0 aromatic heterocycles. The molecule has 1 atom stereocenters. The Morgan fingerprint density at radius 2 is 2.12 bits per heavy atom. The second-order valence-corrected chi connectivity index (χ2v) is 4.92. The first-order valence-electron chi connectivity index (χ1n) is 5.30. The van der Waals surface area contributed by atoms with Gasteiger partial charge in [0.1, 0.15) is 0 Å². The van der Waals surface area contributed by atoms with Crippen LogP contribution >= 0.6 is 7.82 Å². The van der Waals surface area contributed by atoms with E-state index < -0.39 is 7.82 Å². The van der Waals surface area contributed by atoms with Crippen molar-refractivity contribution in [3.63, 3.8) is 0 Å². The lowest BCUT2D eigenvalue weighted by atomic mass is 10.4. The predicted octanol–water partition coefficient (Wildman–Crippen LogP) is 1.44. The summed E-state index contributed by atoms with van der Waals surface area (Å²) >= 11 is 0. The minimum absolute atomic E-state index is 0.0504. The van der Waals surface area contributed by atoms with Crippen molar-refractivity contribution in [3.8, 4) is 0 Å².